The number of anilines is 1. The quantitative estimate of drug-likeness (QED) is 0.808. The second-order valence-corrected chi connectivity index (χ2v) is 3.52. The summed E-state index contributed by atoms with van der Waals surface area (Å²) in [5.41, 5.74) is 1.01. The number of rotatable bonds is 5. The molecule has 0 aliphatic heterocycles. The maximum Gasteiger partial charge on any atom is 0.145 e. The maximum absolute atomic E-state index is 5.29. The minimum absolute atomic E-state index is 0.437. The summed E-state index contributed by atoms with van der Waals surface area (Å²) in [6.07, 6.45) is 1.08. The summed E-state index contributed by atoms with van der Waals surface area (Å²) in [5.74, 6) is 1.62. The second kappa shape index (κ2) is 5.49. The third-order valence-corrected chi connectivity index (χ3v) is 2.42. The van der Waals surface area contributed by atoms with Gasteiger partial charge in [-0.05, 0) is 25.5 Å². The Labute approximate surface area is 91.4 Å². The molecular weight excluding hydrogens is 190 g/mol. The molecule has 0 aliphatic rings. The van der Waals surface area contributed by atoms with E-state index in [1.165, 1.54) is 0 Å². The van der Waals surface area contributed by atoms with Gasteiger partial charge in [-0.1, -0.05) is 6.92 Å². The Morgan fingerprint density at radius 3 is 2.53 bits per heavy atom. The van der Waals surface area contributed by atoms with Gasteiger partial charge in [0, 0.05) is 12.1 Å². The number of nitrogens with one attached hydrogen (secondary N) is 1. The van der Waals surface area contributed by atoms with Gasteiger partial charge in [-0.25, -0.2) is 0 Å². The predicted octanol–water partition coefficient (Wildman–Crippen LogP) is 2.91. The Balaban J connectivity index is 2.87. The molecule has 0 fully saturated rings. The number of hydrogen-bond acceptors (Lipinski definition) is 3. The molecule has 1 atom stereocenters. The number of benzene rings is 1. The van der Waals surface area contributed by atoms with Gasteiger partial charge in [0.2, 0.25) is 0 Å². The summed E-state index contributed by atoms with van der Waals surface area (Å²) < 4.78 is 10.4. The molecule has 0 aromatic heterocycles. The Morgan fingerprint density at radius 1 is 1.27 bits per heavy atom. The third-order valence-electron chi connectivity index (χ3n) is 2.42. The molecule has 1 N–H and O–H groups in total. The van der Waals surface area contributed by atoms with E-state index in [-0.39, 0.29) is 0 Å². The summed E-state index contributed by atoms with van der Waals surface area (Å²) in [5, 5.41) is 3.38. The third kappa shape index (κ3) is 3.05. The van der Waals surface area contributed by atoms with Gasteiger partial charge in [0.25, 0.3) is 0 Å². The highest BCUT2D eigenvalue weighted by molar-refractivity contribution is 5.59. The summed E-state index contributed by atoms with van der Waals surface area (Å²) in [7, 11) is 3.31. The molecule has 1 aromatic carbocycles. The van der Waals surface area contributed by atoms with Gasteiger partial charge in [-0.2, -0.15) is 0 Å². The van der Waals surface area contributed by atoms with E-state index in [0.29, 0.717) is 6.04 Å². The van der Waals surface area contributed by atoms with Crippen molar-refractivity contribution < 1.29 is 9.47 Å². The van der Waals surface area contributed by atoms with Crippen LogP contribution in [0.2, 0.25) is 0 Å². The van der Waals surface area contributed by atoms with Gasteiger partial charge in [-0.3, -0.25) is 0 Å². The van der Waals surface area contributed by atoms with Crippen molar-refractivity contribution in [3.8, 4) is 11.5 Å². The van der Waals surface area contributed by atoms with Crippen LogP contribution in [0.4, 0.5) is 5.69 Å². The van der Waals surface area contributed by atoms with Crippen LogP contribution in [0.5, 0.6) is 11.5 Å². The standard InChI is InChI=1S/C12H19NO2/c1-5-9(2)13-11-7-6-10(14-3)8-12(11)15-4/h6-9,13H,5H2,1-4H3/t9-/m0/s1. The second-order valence-electron chi connectivity index (χ2n) is 3.52. The Hall–Kier alpha value is -1.38. The van der Waals surface area contributed by atoms with Crippen molar-refractivity contribution in [1.82, 2.24) is 0 Å². The highest BCUT2D eigenvalue weighted by atomic mass is 16.5. The molecule has 1 aromatic rings. The van der Waals surface area contributed by atoms with Crippen LogP contribution in [0.3, 0.4) is 0 Å². The minimum atomic E-state index is 0.437. The van der Waals surface area contributed by atoms with E-state index in [1.54, 1.807) is 14.2 Å². The lowest BCUT2D eigenvalue weighted by molar-refractivity contribution is 0.395. The fourth-order valence-corrected chi connectivity index (χ4v) is 1.29. The SMILES string of the molecule is CC[C@H](C)Nc1ccc(OC)cc1OC. The largest absolute Gasteiger partial charge is 0.497 e. The average molecular weight is 209 g/mol. The van der Waals surface area contributed by atoms with Crippen molar-refractivity contribution >= 4 is 5.69 Å². The molecule has 84 valence electrons. The Morgan fingerprint density at radius 2 is 2.00 bits per heavy atom. The molecular formula is C12H19NO2. The highest BCUT2D eigenvalue weighted by Gasteiger charge is 2.06. The zero-order valence-electron chi connectivity index (χ0n) is 9.83. The maximum atomic E-state index is 5.29. The van der Waals surface area contributed by atoms with Crippen molar-refractivity contribution in [2.75, 3.05) is 19.5 Å². The zero-order valence-corrected chi connectivity index (χ0v) is 9.83. The molecule has 0 spiro atoms. The first kappa shape index (κ1) is 11.7. The fourth-order valence-electron chi connectivity index (χ4n) is 1.29. The van der Waals surface area contributed by atoms with Gasteiger partial charge in [-0.15, -0.1) is 0 Å². The van der Waals surface area contributed by atoms with Gasteiger partial charge in [0.05, 0.1) is 19.9 Å². The topological polar surface area (TPSA) is 30.5 Å². The molecule has 3 nitrogen and oxygen atoms in total. The Kier molecular flexibility index (Phi) is 4.28. The minimum Gasteiger partial charge on any atom is -0.497 e. The number of methoxy groups -OCH3 is 2. The molecule has 0 saturated carbocycles. The highest BCUT2D eigenvalue weighted by Crippen LogP contribution is 2.29. The first-order valence-corrected chi connectivity index (χ1v) is 5.19. The average Bonchev–Trinajstić information content (AvgIpc) is 2.29. The fraction of sp³-hybridized carbons (Fsp3) is 0.500. The summed E-state index contributed by atoms with van der Waals surface area (Å²) in [6, 6.07) is 6.22. The van der Waals surface area contributed by atoms with E-state index in [9.17, 15) is 0 Å². The van der Waals surface area contributed by atoms with E-state index in [0.717, 1.165) is 23.6 Å². The lowest BCUT2D eigenvalue weighted by Gasteiger charge is -2.16. The summed E-state index contributed by atoms with van der Waals surface area (Å²) in [6.45, 7) is 4.29. The van der Waals surface area contributed by atoms with E-state index >= 15 is 0 Å². The lowest BCUT2D eigenvalue weighted by atomic mass is 10.2. The molecule has 0 saturated heterocycles. The van der Waals surface area contributed by atoms with Crippen molar-refractivity contribution in [3.05, 3.63) is 18.2 Å². The molecule has 0 aliphatic carbocycles. The van der Waals surface area contributed by atoms with Crippen LogP contribution in [0, 0.1) is 0 Å². The van der Waals surface area contributed by atoms with Gasteiger partial charge in [0.1, 0.15) is 11.5 Å². The summed E-state index contributed by atoms with van der Waals surface area (Å²) in [4.78, 5) is 0. The molecule has 0 unspecified atom stereocenters. The van der Waals surface area contributed by atoms with Crippen LogP contribution in [-0.2, 0) is 0 Å². The van der Waals surface area contributed by atoms with Crippen LogP contribution < -0.4 is 14.8 Å². The molecule has 3 heteroatoms. The Bertz CT molecular complexity index is 312. The molecule has 0 radical (unpaired) electrons. The normalized spacial score (nSPS) is 12.0. The van der Waals surface area contributed by atoms with Crippen LogP contribution in [0.15, 0.2) is 18.2 Å². The van der Waals surface area contributed by atoms with Crippen molar-refractivity contribution in [3.63, 3.8) is 0 Å². The zero-order chi connectivity index (χ0) is 11.3. The predicted molar refractivity (Wildman–Crippen MR) is 62.9 cm³/mol. The molecule has 15 heavy (non-hydrogen) atoms. The van der Waals surface area contributed by atoms with Gasteiger partial charge >= 0.3 is 0 Å². The number of hydrogen-bond donors (Lipinski definition) is 1. The summed E-state index contributed by atoms with van der Waals surface area (Å²) >= 11 is 0. The molecule has 0 heterocycles. The van der Waals surface area contributed by atoms with Crippen LogP contribution >= 0.6 is 0 Å². The molecule has 1 rings (SSSR count). The van der Waals surface area contributed by atoms with E-state index in [1.807, 2.05) is 18.2 Å². The monoisotopic (exact) mass is 209 g/mol. The lowest BCUT2D eigenvalue weighted by Crippen LogP contribution is -2.13. The first-order chi connectivity index (χ1) is 7.21. The van der Waals surface area contributed by atoms with Crippen LogP contribution in [0.25, 0.3) is 0 Å². The number of ether oxygens (including phenoxy) is 2. The van der Waals surface area contributed by atoms with E-state index in [4.69, 9.17) is 9.47 Å². The van der Waals surface area contributed by atoms with Crippen molar-refractivity contribution in [1.29, 1.82) is 0 Å². The first-order valence-electron chi connectivity index (χ1n) is 5.19. The van der Waals surface area contributed by atoms with Gasteiger partial charge in [0.15, 0.2) is 0 Å². The molecule has 0 amide bonds. The van der Waals surface area contributed by atoms with Crippen LogP contribution in [-0.4, -0.2) is 20.3 Å². The van der Waals surface area contributed by atoms with Crippen molar-refractivity contribution in [2.24, 2.45) is 0 Å². The molecule has 0 bridgehead atoms. The van der Waals surface area contributed by atoms with Crippen molar-refractivity contribution in [2.45, 2.75) is 26.3 Å². The van der Waals surface area contributed by atoms with E-state index < -0.39 is 0 Å². The van der Waals surface area contributed by atoms with E-state index in [2.05, 4.69) is 19.2 Å². The smallest absolute Gasteiger partial charge is 0.145 e. The van der Waals surface area contributed by atoms with Crippen LogP contribution in [0.1, 0.15) is 20.3 Å². The van der Waals surface area contributed by atoms with Gasteiger partial charge < -0.3 is 14.8 Å².